The second-order valence-electron chi connectivity index (χ2n) is 4.84. The van der Waals surface area contributed by atoms with Crippen LogP contribution in [0.3, 0.4) is 0 Å². The number of piperidine rings is 1. The molecule has 1 aliphatic heterocycles. The molecule has 0 bridgehead atoms. The van der Waals surface area contributed by atoms with Gasteiger partial charge >= 0.3 is 0 Å². The van der Waals surface area contributed by atoms with E-state index in [1.54, 1.807) is 0 Å². The first kappa shape index (κ1) is 13.1. The lowest BCUT2D eigenvalue weighted by atomic mass is 9.99. The van der Waals surface area contributed by atoms with Crippen LogP contribution in [0.15, 0.2) is 30.3 Å². The summed E-state index contributed by atoms with van der Waals surface area (Å²) in [5, 5.41) is 3.29. The molecule has 0 radical (unpaired) electrons. The van der Waals surface area contributed by atoms with E-state index in [-0.39, 0.29) is 11.9 Å². The Morgan fingerprint density at radius 3 is 2.78 bits per heavy atom. The zero-order valence-electron chi connectivity index (χ0n) is 10.8. The van der Waals surface area contributed by atoms with Crippen LogP contribution in [0.1, 0.15) is 24.4 Å². The highest BCUT2D eigenvalue weighted by atomic mass is 16.1. The predicted octanol–water partition coefficient (Wildman–Crippen LogP) is 0.897. The molecule has 0 saturated carbocycles. The minimum Gasteiger partial charge on any atom is -0.368 e. The highest BCUT2D eigenvalue weighted by Gasteiger charge is 2.29. The third-order valence-electron chi connectivity index (χ3n) is 3.61. The lowest BCUT2D eigenvalue weighted by molar-refractivity contribution is -0.124. The third-order valence-corrected chi connectivity index (χ3v) is 3.61. The molecule has 2 rings (SSSR count). The largest absolute Gasteiger partial charge is 0.368 e. The van der Waals surface area contributed by atoms with E-state index in [1.165, 1.54) is 0 Å². The summed E-state index contributed by atoms with van der Waals surface area (Å²) in [5.74, 6) is -0.266. The van der Waals surface area contributed by atoms with Gasteiger partial charge in [0.05, 0.1) is 0 Å². The summed E-state index contributed by atoms with van der Waals surface area (Å²) in [6.45, 7) is 1.81. The number of nitrogens with two attached hydrogens (primary N) is 1. The van der Waals surface area contributed by atoms with Crippen molar-refractivity contribution in [3.63, 3.8) is 0 Å². The normalized spacial score (nSPS) is 22.6. The van der Waals surface area contributed by atoms with Crippen molar-refractivity contribution in [1.82, 2.24) is 10.2 Å². The fraction of sp³-hybridized carbons (Fsp3) is 0.500. The summed E-state index contributed by atoms with van der Waals surface area (Å²) >= 11 is 0. The second kappa shape index (κ2) is 5.98. The van der Waals surface area contributed by atoms with E-state index in [2.05, 4.69) is 10.2 Å². The number of primary amides is 1. The van der Waals surface area contributed by atoms with Gasteiger partial charge in [-0.3, -0.25) is 9.69 Å². The first-order valence-electron chi connectivity index (χ1n) is 6.48. The molecule has 4 heteroatoms. The lowest BCUT2D eigenvalue weighted by Gasteiger charge is -2.37. The van der Waals surface area contributed by atoms with E-state index in [0.717, 1.165) is 31.5 Å². The van der Waals surface area contributed by atoms with Gasteiger partial charge in [-0.05, 0) is 32.0 Å². The van der Waals surface area contributed by atoms with Crippen LogP contribution in [0.25, 0.3) is 0 Å². The van der Waals surface area contributed by atoms with Gasteiger partial charge in [0.25, 0.3) is 0 Å². The summed E-state index contributed by atoms with van der Waals surface area (Å²) < 4.78 is 0. The van der Waals surface area contributed by atoms with Crippen molar-refractivity contribution in [1.29, 1.82) is 0 Å². The molecular formula is C14H21N3O. The Hall–Kier alpha value is -1.39. The fourth-order valence-electron chi connectivity index (χ4n) is 2.67. The molecule has 1 fully saturated rings. The molecular weight excluding hydrogens is 226 g/mol. The number of amides is 1. The number of carbonyl (C=O) groups excluding carboxylic acids is 1. The molecule has 18 heavy (non-hydrogen) atoms. The summed E-state index contributed by atoms with van der Waals surface area (Å²) in [6, 6.07) is 9.94. The first-order valence-corrected chi connectivity index (χ1v) is 6.48. The Bertz CT molecular complexity index is 393. The van der Waals surface area contributed by atoms with Crippen LogP contribution in [-0.4, -0.2) is 37.0 Å². The van der Waals surface area contributed by atoms with Gasteiger partial charge in [-0.1, -0.05) is 30.3 Å². The minimum atomic E-state index is -0.303. The molecule has 3 N–H and O–H groups in total. The maximum absolute atomic E-state index is 11.8. The summed E-state index contributed by atoms with van der Waals surface area (Å²) in [7, 11) is 1.97. The Kier molecular flexibility index (Phi) is 4.33. The number of carbonyl (C=O) groups is 1. The zero-order chi connectivity index (χ0) is 13.0. The number of hydrogen-bond acceptors (Lipinski definition) is 3. The SMILES string of the molecule is CNC1CCCN(C(C(N)=O)c2ccccc2)C1. The highest BCUT2D eigenvalue weighted by Crippen LogP contribution is 2.24. The zero-order valence-corrected chi connectivity index (χ0v) is 10.8. The lowest BCUT2D eigenvalue weighted by Crippen LogP contribution is -2.48. The van der Waals surface area contributed by atoms with E-state index in [4.69, 9.17) is 5.73 Å². The molecule has 1 aromatic carbocycles. The standard InChI is InChI=1S/C14H21N3O/c1-16-12-8-5-9-17(10-12)13(14(15)18)11-6-3-2-4-7-11/h2-4,6-7,12-13,16H,5,8-10H2,1H3,(H2,15,18). The van der Waals surface area contributed by atoms with Crippen molar-refractivity contribution in [3.8, 4) is 0 Å². The summed E-state index contributed by atoms with van der Waals surface area (Å²) in [4.78, 5) is 13.9. The van der Waals surface area contributed by atoms with Gasteiger partial charge in [0.1, 0.15) is 6.04 Å². The molecule has 0 aromatic heterocycles. The van der Waals surface area contributed by atoms with E-state index in [9.17, 15) is 4.79 Å². The first-order chi connectivity index (χ1) is 8.72. The maximum Gasteiger partial charge on any atom is 0.239 e. The Labute approximate surface area is 108 Å². The van der Waals surface area contributed by atoms with Crippen molar-refractivity contribution >= 4 is 5.91 Å². The number of likely N-dealkylation sites (N-methyl/N-ethyl adjacent to an activating group) is 1. The van der Waals surface area contributed by atoms with E-state index < -0.39 is 0 Å². The molecule has 4 nitrogen and oxygen atoms in total. The van der Waals surface area contributed by atoms with E-state index >= 15 is 0 Å². The Morgan fingerprint density at radius 2 is 2.17 bits per heavy atom. The van der Waals surface area contributed by atoms with Gasteiger partial charge in [0.15, 0.2) is 0 Å². The van der Waals surface area contributed by atoms with Crippen molar-refractivity contribution in [2.24, 2.45) is 5.73 Å². The maximum atomic E-state index is 11.8. The molecule has 1 aliphatic rings. The number of nitrogens with one attached hydrogen (secondary N) is 1. The van der Waals surface area contributed by atoms with Crippen LogP contribution in [0, 0.1) is 0 Å². The molecule has 98 valence electrons. The number of nitrogens with zero attached hydrogens (tertiary/aromatic N) is 1. The monoisotopic (exact) mass is 247 g/mol. The fourth-order valence-corrected chi connectivity index (χ4v) is 2.67. The average Bonchev–Trinajstić information content (AvgIpc) is 2.40. The predicted molar refractivity (Wildman–Crippen MR) is 72.0 cm³/mol. The molecule has 1 heterocycles. The number of likely N-dealkylation sites (tertiary alicyclic amines) is 1. The van der Waals surface area contributed by atoms with Gasteiger partial charge in [-0.15, -0.1) is 0 Å². The van der Waals surface area contributed by atoms with Crippen molar-refractivity contribution in [3.05, 3.63) is 35.9 Å². The third kappa shape index (κ3) is 2.89. The van der Waals surface area contributed by atoms with Crippen LogP contribution < -0.4 is 11.1 Å². The van der Waals surface area contributed by atoms with Crippen LogP contribution in [-0.2, 0) is 4.79 Å². The summed E-state index contributed by atoms with van der Waals surface area (Å²) in [6.07, 6.45) is 2.26. The van der Waals surface area contributed by atoms with E-state index in [0.29, 0.717) is 6.04 Å². The van der Waals surface area contributed by atoms with Crippen LogP contribution in [0.4, 0.5) is 0 Å². The van der Waals surface area contributed by atoms with Gasteiger partial charge in [0.2, 0.25) is 5.91 Å². The summed E-state index contributed by atoms with van der Waals surface area (Å²) in [5.41, 5.74) is 6.57. The smallest absolute Gasteiger partial charge is 0.239 e. The molecule has 2 atom stereocenters. The number of rotatable bonds is 4. The van der Waals surface area contributed by atoms with E-state index in [1.807, 2.05) is 37.4 Å². The van der Waals surface area contributed by atoms with Crippen LogP contribution >= 0.6 is 0 Å². The highest BCUT2D eigenvalue weighted by molar-refractivity contribution is 5.81. The average molecular weight is 247 g/mol. The van der Waals surface area contributed by atoms with Gasteiger partial charge < -0.3 is 11.1 Å². The van der Waals surface area contributed by atoms with Crippen molar-refractivity contribution in [2.75, 3.05) is 20.1 Å². The van der Waals surface area contributed by atoms with Crippen LogP contribution in [0.5, 0.6) is 0 Å². The van der Waals surface area contributed by atoms with Gasteiger partial charge in [-0.25, -0.2) is 0 Å². The molecule has 1 amide bonds. The number of benzene rings is 1. The molecule has 2 unspecified atom stereocenters. The number of hydrogen-bond donors (Lipinski definition) is 2. The quantitative estimate of drug-likeness (QED) is 0.831. The van der Waals surface area contributed by atoms with Gasteiger partial charge in [0, 0.05) is 12.6 Å². The van der Waals surface area contributed by atoms with Crippen molar-refractivity contribution < 1.29 is 4.79 Å². The minimum absolute atomic E-state index is 0.266. The topological polar surface area (TPSA) is 58.4 Å². The Morgan fingerprint density at radius 1 is 1.44 bits per heavy atom. The van der Waals surface area contributed by atoms with Crippen molar-refractivity contribution in [2.45, 2.75) is 24.9 Å². The van der Waals surface area contributed by atoms with Gasteiger partial charge in [-0.2, -0.15) is 0 Å². The molecule has 0 aliphatic carbocycles. The molecule has 1 saturated heterocycles. The second-order valence-corrected chi connectivity index (χ2v) is 4.84. The van der Waals surface area contributed by atoms with Crippen LogP contribution in [0.2, 0.25) is 0 Å². The molecule has 0 spiro atoms. The molecule has 1 aromatic rings. The Balaban J connectivity index is 2.18.